The standard InChI is InChI=1S/C39H53N7O7/c1-38(2,3)53-36(48)44-27(13-10-19-42-35(40)43-25-11-8-7-9-12-25)34(47)41-20-22-46(5)37(49)51-30-17-15-26-28-23-24-14-16-29(50-6)32-31(24)39(26,33(30)52-32)18-21-45(28)4/h7-9,11-12,14,16-17,26-28,33H,10,13,15,18-23H2,1-6H3,(H,41,47)(H,44,48)(H3,40,42,43). The molecule has 2 aliphatic carbocycles. The lowest BCUT2D eigenvalue weighted by Crippen LogP contribution is -2.63. The second kappa shape index (κ2) is 15.6. The van der Waals surface area contributed by atoms with E-state index in [0.29, 0.717) is 36.4 Å². The summed E-state index contributed by atoms with van der Waals surface area (Å²) in [6.45, 7) is 6.82. The first-order valence-corrected chi connectivity index (χ1v) is 18.4. The number of anilines is 1. The van der Waals surface area contributed by atoms with Crippen LogP contribution in [-0.4, -0.2) is 105 Å². The summed E-state index contributed by atoms with van der Waals surface area (Å²) in [6.07, 6.45) is 3.70. The van der Waals surface area contributed by atoms with Crippen molar-refractivity contribution in [2.24, 2.45) is 16.6 Å². The number of carbonyl (C=O) groups is 3. The molecule has 5 atom stereocenters. The van der Waals surface area contributed by atoms with Gasteiger partial charge in [0.2, 0.25) is 5.91 Å². The van der Waals surface area contributed by atoms with Gasteiger partial charge in [-0.05, 0) is 102 Å². The lowest BCUT2D eigenvalue weighted by atomic mass is 9.53. The van der Waals surface area contributed by atoms with Gasteiger partial charge in [-0.2, -0.15) is 0 Å². The maximum atomic E-state index is 13.5. The summed E-state index contributed by atoms with van der Waals surface area (Å²) in [5.41, 5.74) is 8.28. The van der Waals surface area contributed by atoms with Crippen LogP contribution in [0.2, 0.25) is 0 Å². The Kier molecular flexibility index (Phi) is 11.1. The van der Waals surface area contributed by atoms with Crippen molar-refractivity contribution in [2.75, 3.05) is 52.7 Å². The zero-order valence-corrected chi connectivity index (χ0v) is 31.6. The van der Waals surface area contributed by atoms with Crippen LogP contribution >= 0.6 is 0 Å². The number of guanidine groups is 1. The highest BCUT2D eigenvalue weighted by atomic mass is 16.6. The lowest BCUT2D eigenvalue weighted by molar-refractivity contribution is -0.123. The number of amides is 3. The van der Waals surface area contributed by atoms with E-state index in [1.807, 2.05) is 42.5 Å². The van der Waals surface area contributed by atoms with E-state index >= 15 is 0 Å². The summed E-state index contributed by atoms with van der Waals surface area (Å²) < 4.78 is 23.9. The Hall–Kier alpha value is -4.98. The number of hydrogen-bond donors (Lipinski definition) is 4. The Labute approximate surface area is 311 Å². The number of aliphatic imine (C=N–C) groups is 1. The molecule has 286 valence electrons. The number of nitrogens with zero attached hydrogens (tertiary/aromatic N) is 3. The van der Waals surface area contributed by atoms with Crippen LogP contribution in [0.25, 0.3) is 0 Å². The highest BCUT2D eigenvalue weighted by Gasteiger charge is 2.64. The third kappa shape index (κ3) is 8.02. The van der Waals surface area contributed by atoms with Crippen LogP contribution in [-0.2, 0) is 26.1 Å². The summed E-state index contributed by atoms with van der Waals surface area (Å²) in [5, 5.41) is 8.54. The van der Waals surface area contributed by atoms with Crippen LogP contribution in [0.1, 0.15) is 57.6 Å². The number of hydrogen-bond acceptors (Lipinski definition) is 9. The van der Waals surface area contributed by atoms with Crippen LogP contribution < -0.4 is 31.2 Å². The van der Waals surface area contributed by atoms with Crippen LogP contribution in [0, 0.1) is 5.92 Å². The monoisotopic (exact) mass is 731 g/mol. The van der Waals surface area contributed by atoms with Crippen molar-refractivity contribution in [2.45, 2.75) is 82.1 Å². The molecule has 0 radical (unpaired) electrons. The molecule has 1 saturated heterocycles. The summed E-state index contributed by atoms with van der Waals surface area (Å²) in [7, 11) is 5.46. The van der Waals surface area contributed by atoms with Crippen molar-refractivity contribution in [1.29, 1.82) is 0 Å². The number of carbonyl (C=O) groups excluding carboxylic acids is 3. The maximum Gasteiger partial charge on any atom is 0.414 e. The number of alkyl carbamates (subject to hydrolysis) is 1. The Morgan fingerprint density at radius 3 is 2.68 bits per heavy atom. The van der Waals surface area contributed by atoms with Gasteiger partial charge >= 0.3 is 12.2 Å². The minimum atomic E-state index is -0.892. The Morgan fingerprint density at radius 1 is 1.17 bits per heavy atom. The average molecular weight is 732 g/mol. The third-order valence-corrected chi connectivity index (χ3v) is 10.7. The van der Waals surface area contributed by atoms with Gasteiger partial charge in [0.05, 0.1) is 7.11 Å². The van der Waals surface area contributed by atoms with Gasteiger partial charge in [0.15, 0.2) is 23.6 Å². The quantitative estimate of drug-likeness (QED) is 0.141. The van der Waals surface area contributed by atoms with Crippen LogP contribution in [0.5, 0.6) is 11.5 Å². The molecule has 1 spiro atoms. The summed E-state index contributed by atoms with van der Waals surface area (Å²) in [6, 6.07) is 13.0. The van der Waals surface area contributed by atoms with Crippen molar-refractivity contribution in [3.05, 3.63) is 65.4 Å². The van der Waals surface area contributed by atoms with E-state index in [2.05, 4.69) is 39.0 Å². The van der Waals surface area contributed by atoms with E-state index < -0.39 is 35.8 Å². The summed E-state index contributed by atoms with van der Waals surface area (Å²) in [4.78, 5) is 47.6. The zero-order valence-electron chi connectivity index (χ0n) is 31.6. The van der Waals surface area contributed by atoms with Gasteiger partial charge in [0.25, 0.3) is 0 Å². The number of allylic oxidation sites excluding steroid dienone is 1. The highest BCUT2D eigenvalue weighted by Crippen LogP contribution is 2.63. The van der Waals surface area contributed by atoms with Crippen LogP contribution in [0.3, 0.4) is 0 Å². The Balaban J connectivity index is 1.04. The van der Waals surface area contributed by atoms with Crippen molar-refractivity contribution >= 4 is 29.7 Å². The first kappa shape index (κ1) is 37.8. The molecule has 1 fully saturated rings. The minimum absolute atomic E-state index is 0.133. The van der Waals surface area contributed by atoms with Crippen molar-refractivity contribution < 1.29 is 33.3 Å². The number of para-hydroxylation sites is 1. The first-order chi connectivity index (χ1) is 25.3. The van der Waals surface area contributed by atoms with Crippen LogP contribution in [0.4, 0.5) is 15.3 Å². The fraction of sp³-hybridized carbons (Fsp3) is 0.538. The molecule has 5 N–H and O–H groups in total. The van der Waals surface area contributed by atoms with Crippen LogP contribution in [0.15, 0.2) is 59.3 Å². The van der Waals surface area contributed by atoms with Crippen molar-refractivity contribution in [1.82, 2.24) is 20.4 Å². The zero-order chi connectivity index (χ0) is 37.9. The normalized spacial score (nSPS) is 23.4. The third-order valence-electron chi connectivity index (χ3n) is 10.7. The van der Waals surface area contributed by atoms with Gasteiger partial charge in [0.1, 0.15) is 17.4 Å². The fourth-order valence-electron chi connectivity index (χ4n) is 8.23. The van der Waals surface area contributed by atoms with Gasteiger partial charge in [-0.3, -0.25) is 9.79 Å². The molecular formula is C39H53N7O7. The second-order valence-electron chi connectivity index (χ2n) is 15.3. The Morgan fingerprint density at radius 2 is 1.94 bits per heavy atom. The molecule has 2 heterocycles. The molecule has 3 amide bonds. The number of methoxy groups -OCH3 is 1. The maximum absolute atomic E-state index is 13.5. The number of nitrogens with one attached hydrogen (secondary N) is 3. The number of likely N-dealkylation sites (N-methyl/N-ethyl adjacent to an activating group) is 2. The van der Waals surface area contributed by atoms with Gasteiger partial charge < -0.3 is 50.4 Å². The van der Waals surface area contributed by atoms with Gasteiger partial charge in [-0.25, -0.2) is 9.59 Å². The number of nitrogens with two attached hydrogens (primary N) is 1. The van der Waals surface area contributed by atoms with E-state index in [4.69, 9.17) is 24.7 Å². The van der Waals surface area contributed by atoms with Gasteiger partial charge in [-0.15, -0.1) is 0 Å². The SMILES string of the molecule is COc1ccc2c3c1OC1C(OC(=O)N(C)CCNC(=O)C(CCCN=C(N)Nc4ccccc4)NC(=O)OC(C)(C)C)=CCC4C(C2)N(C)CCC314. The average Bonchev–Trinajstić information content (AvgIpc) is 3.47. The van der Waals surface area contributed by atoms with E-state index in [1.54, 1.807) is 34.9 Å². The molecule has 4 aliphatic rings. The lowest BCUT2D eigenvalue weighted by Gasteiger charge is -2.56. The molecule has 14 heteroatoms. The van der Waals surface area contributed by atoms with Crippen molar-refractivity contribution in [3.8, 4) is 11.5 Å². The topological polar surface area (TPSA) is 169 Å². The number of likely N-dealkylation sites (tertiary alicyclic amines) is 1. The molecule has 0 saturated carbocycles. The molecule has 5 unspecified atom stereocenters. The molecule has 0 aromatic heterocycles. The van der Waals surface area contributed by atoms with Gasteiger partial charge in [-0.1, -0.05) is 24.3 Å². The molecule has 53 heavy (non-hydrogen) atoms. The van der Waals surface area contributed by atoms with E-state index in [-0.39, 0.29) is 30.9 Å². The highest BCUT2D eigenvalue weighted by molar-refractivity contribution is 5.92. The summed E-state index contributed by atoms with van der Waals surface area (Å²) >= 11 is 0. The number of ether oxygens (including phenoxy) is 4. The molecule has 14 nitrogen and oxygen atoms in total. The molecule has 2 aromatic carbocycles. The van der Waals surface area contributed by atoms with E-state index in [9.17, 15) is 14.4 Å². The molecule has 2 bridgehead atoms. The number of benzene rings is 2. The van der Waals surface area contributed by atoms with E-state index in [0.717, 1.165) is 37.2 Å². The predicted octanol–water partition coefficient (Wildman–Crippen LogP) is 4.14. The molecule has 6 rings (SSSR count). The first-order valence-electron chi connectivity index (χ1n) is 18.4. The fourth-order valence-corrected chi connectivity index (χ4v) is 8.23. The summed E-state index contributed by atoms with van der Waals surface area (Å²) in [5.74, 6) is 2.14. The molecular weight excluding hydrogens is 678 g/mol. The van der Waals surface area contributed by atoms with Crippen molar-refractivity contribution in [3.63, 3.8) is 0 Å². The minimum Gasteiger partial charge on any atom is -0.493 e. The van der Waals surface area contributed by atoms with E-state index in [1.165, 1.54) is 16.0 Å². The second-order valence-corrected chi connectivity index (χ2v) is 15.3. The largest absolute Gasteiger partial charge is 0.493 e. The smallest absolute Gasteiger partial charge is 0.414 e. The predicted molar refractivity (Wildman–Crippen MR) is 201 cm³/mol. The molecule has 2 aliphatic heterocycles. The van der Waals surface area contributed by atoms with Gasteiger partial charge in [0, 0.05) is 49.4 Å². The number of piperidine rings is 1. The molecule has 2 aromatic rings. The Bertz CT molecular complexity index is 1740. The number of rotatable bonds is 12.